The Morgan fingerprint density at radius 3 is 2.66 bits per heavy atom. The van der Waals surface area contributed by atoms with Crippen molar-refractivity contribution in [3.05, 3.63) is 70.2 Å². The van der Waals surface area contributed by atoms with E-state index in [2.05, 4.69) is 36.3 Å². The van der Waals surface area contributed by atoms with Crippen LogP contribution in [0.15, 0.2) is 48.5 Å². The summed E-state index contributed by atoms with van der Waals surface area (Å²) >= 11 is 6.29. The van der Waals surface area contributed by atoms with Crippen molar-refractivity contribution >= 4 is 17.6 Å². The van der Waals surface area contributed by atoms with E-state index < -0.39 is 0 Å². The number of benzene rings is 2. The van der Waals surface area contributed by atoms with Gasteiger partial charge in [-0.05, 0) is 62.5 Å². The van der Waals surface area contributed by atoms with Crippen LogP contribution < -0.4 is 5.32 Å². The summed E-state index contributed by atoms with van der Waals surface area (Å²) in [5.74, 6) is 0.423. The zero-order chi connectivity index (χ0) is 21.0. The van der Waals surface area contributed by atoms with Crippen LogP contribution in [0, 0.1) is 12.8 Å². The Morgan fingerprint density at radius 1 is 1.24 bits per heavy atom. The van der Waals surface area contributed by atoms with Gasteiger partial charge in [-0.2, -0.15) is 0 Å². The van der Waals surface area contributed by atoms with E-state index in [-0.39, 0.29) is 18.1 Å². The molecule has 1 fully saturated rings. The number of piperidine rings is 1. The molecular weight excluding hydrogens is 382 g/mol. The van der Waals surface area contributed by atoms with Crippen molar-refractivity contribution in [2.45, 2.75) is 45.8 Å². The molecule has 3 atom stereocenters. The van der Waals surface area contributed by atoms with Gasteiger partial charge in [-0.3, -0.25) is 0 Å². The molecule has 5 heteroatoms. The fraction of sp³-hybridized carbons (Fsp3) is 0.458. The van der Waals surface area contributed by atoms with Gasteiger partial charge in [0.25, 0.3) is 0 Å². The van der Waals surface area contributed by atoms with Crippen molar-refractivity contribution in [1.29, 1.82) is 0 Å². The van der Waals surface area contributed by atoms with Crippen LogP contribution in [-0.4, -0.2) is 42.0 Å². The summed E-state index contributed by atoms with van der Waals surface area (Å²) in [6.07, 6.45) is 0.989. The first-order valence-corrected chi connectivity index (χ1v) is 10.8. The minimum atomic E-state index is -0.110. The minimum absolute atomic E-state index is 0.0119. The summed E-state index contributed by atoms with van der Waals surface area (Å²) < 4.78 is 0. The van der Waals surface area contributed by atoms with Gasteiger partial charge in [-0.25, -0.2) is 4.79 Å². The number of nitrogens with one attached hydrogen (secondary N) is 1. The normalized spacial score (nSPS) is 20.9. The van der Waals surface area contributed by atoms with Crippen molar-refractivity contribution in [2.75, 3.05) is 20.1 Å². The first-order valence-electron chi connectivity index (χ1n) is 10.4. The highest BCUT2D eigenvalue weighted by Gasteiger charge is 2.33. The molecule has 0 aliphatic carbocycles. The number of likely N-dealkylation sites (tertiary alicyclic amines) is 1. The maximum absolute atomic E-state index is 13.4. The highest BCUT2D eigenvalue weighted by Crippen LogP contribution is 2.26. The van der Waals surface area contributed by atoms with Crippen LogP contribution >= 0.6 is 11.6 Å². The molecule has 0 spiro atoms. The van der Waals surface area contributed by atoms with E-state index in [1.807, 2.05) is 55.1 Å². The van der Waals surface area contributed by atoms with Crippen LogP contribution in [0.2, 0.25) is 5.02 Å². The first kappa shape index (κ1) is 21.7. The van der Waals surface area contributed by atoms with E-state index in [1.165, 1.54) is 0 Å². The lowest BCUT2D eigenvalue weighted by Crippen LogP contribution is -2.53. The van der Waals surface area contributed by atoms with Gasteiger partial charge in [0.1, 0.15) is 0 Å². The molecule has 0 bridgehead atoms. The van der Waals surface area contributed by atoms with Gasteiger partial charge in [-0.1, -0.05) is 61.0 Å². The maximum Gasteiger partial charge on any atom is 0.318 e. The summed E-state index contributed by atoms with van der Waals surface area (Å²) in [6.45, 7) is 8.90. The second-order valence-electron chi connectivity index (χ2n) is 8.33. The maximum atomic E-state index is 13.4. The molecule has 2 aromatic rings. The zero-order valence-corrected chi connectivity index (χ0v) is 18.6. The van der Waals surface area contributed by atoms with Crippen LogP contribution in [0.3, 0.4) is 0 Å². The van der Waals surface area contributed by atoms with E-state index >= 15 is 0 Å². The number of carbonyl (C=O) groups excluding carboxylic acids is 1. The van der Waals surface area contributed by atoms with Crippen molar-refractivity contribution in [2.24, 2.45) is 5.92 Å². The highest BCUT2D eigenvalue weighted by molar-refractivity contribution is 6.31. The lowest BCUT2D eigenvalue weighted by molar-refractivity contribution is 0.0874. The molecule has 3 rings (SSSR count). The van der Waals surface area contributed by atoms with Crippen LogP contribution in [-0.2, 0) is 6.54 Å². The van der Waals surface area contributed by atoms with Crippen molar-refractivity contribution in [3.8, 4) is 0 Å². The Morgan fingerprint density at radius 2 is 1.97 bits per heavy atom. The lowest BCUT2D eigenvalue weighted by atomic mass is 9.92. The Hall–Kier alpha value is -2.04. The van der Waals surface area contributed by atoms with Gasteiger partial charge in [-0.15, -0.1) is 0 Å². The molecule has 1 heterocycles. The minimum Gasteiger partial charge on any atom is -0.331 e. The van der Waals surface area contributed by atoms with Crippen molar-refractivity contribution < 1.29 is 4.79 Å². The summed E-state index contributed by atoms with van der Waals surface area (Å²) in [5, 5.41) is 3.96. The Bertz CT molecular complexity index is 826. The third kappa shape index (κ3) is 5.31. The van der Waals surface area contributed by atoms with Crippen LogP contribution in [0.1, 0.15) is 43.0 Å². The molecule has 0 saturated carbocycles. The molecule has 1 N–H and O–H groups in total. The molecule has 2 amide bonds. The Kier molecular flexibility index (Phi) is 7.20. The molecule has 1 aliphatic heterocycles. The molecule has 3 unspecified atom stereocenters. The van der Waals surface area contributed by atoms with Crippen LogP contribution in [0.25, 0.3) is 0 Å². The molecule has 156 valence electrons. The predicted octanol–water partition coefficient (Wildman–Crippen LogP) is 5.26. The van der Waals surface area contributed by atoms with Crippen molar-refractivity contribution in [1.82, 2.24) is 15.1 Å². The Balaban J connectivity index is 1.80. The molecule has 0 aromatic heterocycles. The van der Waals surface area contributed by atoms with Crippen molar-refractivity contribution in [3.63, 3.8) is 0 Å². The fourth-order valence-corrected chi connectivity index (χ4v) is 4.55. The smallest absolute Gasteiger partial charge is 0.318 e. The van der Waals surface area contributed by atoms with Gasteiger partial charge in [0.2, 0.25) is 0 Å². The number of nitrogens with zero attached hydrogens (tertiary/aromatic N) is 2. The van der Waals surface area contributed by atoms with Gasteiger partial charge >= 0.3 is 6.03 Å². The fourth-order valence-electron chi connectivity index (χ4n) is 4.36. The molecule has 0 radical (unpaired) electrons. The summed E-state index contributed by atoms with van der Waals surface area (Å²) in [6, 6.07) is 16.2. The van der Waals surface area contributed by atoms with E-state index in [0.717, 1.165) is 41.2 Å². The van der Waals surface area contributed by atoms with E-state index in [4.69, 9.17) is 11.6 Å². The number of hydrogen-bond donors (Lipinski definition) is 1. The van der Waals surface area contributed by atoms with Crippen LogP contribution in [0.4, 0.5) is 4.79 Å². The van der Waals surface area contributed by atoms with Crippen LogP contribution in [0.5, 0.6) is 0 Å². The molecule has 1 aliphatic rings. The van der Waals surface area contributed by atoms with Gasteiger partial charge < -0.3 is 15.1 Å². The summed E-state index contributed by atoms with van der Waals surface area (Å²) in [5.41, 5.74) is 3.23. The number of carbonyl (C=O) groups is 1. The topological polar surface area (TPSA) is 35.6 Å². The zero-order valence-electron chi connectivity index (χ0n) is 17.9. The molecule has 4 nitrogen and oxygen atoms in total. The third-order valence-electron chi connectivity index (χ3n) is 6.04. The average Bonchev–Trinajstić information content (AvgIpc) is 2.69. The monoisotopic (exact) mass is 413 g/mol. The molecular formula is C24H32ClN3O. The number of rotatable bonds is 5. The van der Waals surface area contributed by atoms with E-state index in [9.17, 15) is 4.79 Å². The number of amides is 2. The number of urea groups is 1. The van der Waals surface area contributed by atoms with Gasteiger partial charge in [0.15, 0.2) is 0 Å². The Labute approximate surface area is 179 Å². The largest absolute Gasteiger partial charge is 0.331 e. The highest BCUT2D eigenvalue weighted by atomic mass is 35.5. The molecule has 2 aromatic carbocycles. The molecule has 29 heavy (non-hydrogen) atoms. The summed E-state index contributed by atoms with van der Waals surface area (Å²) in [7, 11) is 2.15. The SMILES string of the molecule is Cc1c(Cl)cccc1C(C)NC(=O)N(Cc1ccccc1)C1CCN(C)CC1C. The van der Waals surface area contributed by atoms with Gasteiger partial charge in [0, 0.05) is 24.2 Å². The second kappa shape index (κ2) is 9.64. The number of hydrogen-bond acceptors (Lipinski definition) is 2. The lowest BCUT2D eigenvalue weighted by Gasteiger charge is -2.42. The second-order valence-corrected chi connectivity index (χ2v) is 8.74. The third-order valence-corrected chi connectivity index (χ3v) is 6.45. The molecule has 1 saturated heterocycles. The number of halogens is 1. The van der Waals surface area contributed by atoms with E-state index in [0.29, 0.717) is 12.5 Å². The standard InChI is InChI=1S/C24H32ClN3O/c1-17-15-27(4)14-13-23(17)28(16-20-9-6-5-7-10-20)24(29)26-19(3)21-11-8-12-22(25)18(21)2/h5-12,17,19,23H,13-16H2,1-4H3,(H,26,29). The average molecular weight is 414 g/mol. The van der Waals surface area contributed by atoms with Gasteiger partial charge in [0.05, 0.1) is 6.04 Å². The predicted molar refractivity (Wildman–Crippen MR) is 120 cm³/mol. The quantitative estimate of drug-likeness (QED) is 0.725. The summed E-state index contributed by atoms with van der Waals surface area (Å²) in [4.78, 5) is 17.8. The first-order chi connectivity index (χ1) is 13.9. The van der Waals surface area contributed by atoms with E-state index in [1.54, 1.807) is 0 Å².